The van der Waals surface area contributed by atoms with E-state index in [2.05, 4.69) is 54.0 Å². The lowest BCUT2D eigenvalue weighted by Crippen LogP contribution is -1.98. The van der Waals surface area contributed by atoms with E-state index in [1.165, 1.54) is 5.56 Å². The Kier molecular flexibility index (Phi) is 5.11. The van der Waals surface area contributed by atoms with Crippen LogP contribution in [-0.4, -0.2) is 7.11 Å². The molecule has 106 valence electrons. The van der Waals surface area contributed by atoms with Crippen LogP contribution in [0.5, 0.6) is 5.75 Å². The van der Waals surface area contributed by atoms with Crippen molar-refractivity contribution in [2.24, 2.45) is 0 Å². The smallest absolute Gasteiger partial charge is 0.125 e. The minimum absolute atomic E-state index is 0.209. The minimum atomic E-state index is -0.209. The standard InChI is InChI=1S/C17H18BrClO/c1-11(2)12-4-6-13(7-5-12)17(19)15-9-8-14(18)10-16(15)20-3/h4-11,17H,1-3H3. The lowest BCUT2D eigenvalue weighted by atomic mass is 9.98. The quantitative estimate of drug-likeness (QED) is 0.621. The average Bonchev–Trinajstić information content (AvgIpc) is 2.46. The van der Waals surface area contributed by atoms with E-state index in [0.717, 1.165) is 21.3 Å². The lowest BCUT2D eigenvalue weighted by Gasteiger charge is -2.15. The molecule has 2 aromatic rings. The molecule has 0 saturated heterocycles. The van der Waals surface area contributed by atoms with E-state index in [4.69, 9.17) is 16.3 Å². The van der Waals surface area contributed by atoms with Gasteiger partial charge in [0.1, 0.15) is 5.75 Å². The van der Waals surface area contributed by atoms with Crippen LogP contribution in [0.3, 0.4) is 0 Å². The fourth-order valence-corrected chi connectivity index (χ4v) is 2.79. The number of hydrogen-bond acceptors (Lipinski definition) is 1. The van der Waals surface area contributed by atoms with Crippen molar-refractivity contribution in [3.05, 3.63) is 63.6 Å². The number of rotatable bonds is 4. The molecule has 0 aliphatic heterocycles. The summed E-state index contributed by atoms with van der Waals surface area (Å²) in [5, 5.41) is -0.209. The second kappa shape index (κ2) is 6.64. The Balaban J connectivity index is 2.33. The van der Waals surface area contributed by atoms with Gasteiger partial charge in [-0.3, -0.25) is 0 Å². The molecule has 0 saturated carbocycles. The van der Waals surface area contributed by atoms with Gasteiger partial charge >= 0.3 is 0 Å². The van der Waals surface area contributed by atoms with Crippen molar-refractivity contribution >= 4 is 27.5 Å². The first-order chi connectivity index (χ1) is 9.52. The van der Waals surface area contributed by atoms with Gasteiger partial charge in [0.2, 0.25) is 0 Å². The summed E-state index contributed by atoms with van der Waals surface area (Å²) in [6.07, 6.45) is 0. The zero-order valence-electron chi connectivity index (χ0n) is 11.9. The van der Waals surface area contributed by atoms with E-state index in [1.54, 1.807) is 7.11 Å². The normalized spacial score (nSPS) is 12.5. The van der Waals surface area contributed by atoms with E-state index in [9.17, 15) is 0 Å². The highest BCUT2D eigenvalue weighted by molar-refractivity contribution is 9.10. The summed E-state index contributed by atoms with van der Waals surface area (Å²) >= 11 is 10.0. The Hall–Kier alpha value is -0.990. The molecule has 0 fully saturated rings. The zero-order valence-corrected chi connectivity index (χ0v) is 14.2. The van der Waals surface area contributed by atoms with Gasteiger partial charge in [-0.1, -0.05) is 60.1 Å². The van der Waals surface area contributed by atoms with Crippen molar-refractivity contribution in [2.45, 2.75) is 25.1 Å². The van der Waals surface area contributed by atoms with Crippen molar-refractivity contribution in [1.82, 2.24) is 0 Å². The van der Waals surface area contributed by atoms with Gasteiger partial charge in [-0.25, -0.2) is 0 Å². The Bertz CT molecular complexity index is 578. The first-order valence-corrected chi connectivity index (χ1v) is 7.83. The molecule has 1 atom stereocenters. The summed E-state index contributed by atoms with van der Waals surface area (Å²) in [4.78, 5) is 0. The van der Waals surface area contributed by atoms with Crippen molar-refractivity contribution in [2.75, 3.05) is 7.11 Å². The summed E-state index contributed by atoms with van der Waals surface area (Å²) in [5.74, 6) is 1.33. The summed E-state index contributed by atoms with van der Waals surface area (Å²) in [6.45, 7) is 4.37. The van der Waals surface area contributed by atoms with Crippen LogP contribution in [0.15, 0.2) is 46.9 Å². The molecule has 0 aromatic heterocycles. The zero-order chi connectivity index (χ0) is 14.7. The maximum atomic E-state index is 6.60. The van der Waals surface area contributed by atoms with Crippen LogP contribution < -0.4 is 4.74 Å². The monoisotopic (exact) mass is 352 g/mol. The van der Waals surface area contributed by atoms with E-state index >= 15 is 0 Å². The first kappa shape index (κ1) is 15.4. The summed E-state index contributed by atoms with van der Waals surface area (Å²) in [5.41, 5.74) is 3.38. The molecule has 2 rings (SSSR count). The molecule has 1 unspecified atom stereocenters. The summed E-state index contributed by atoms with van der Waals surface area (Å²) in [6, 6.07) is 14.4. The molecule has 0 amide bonds. The third kappa shape index (κ3) is 3.36. The molecule has 0 aliphatic rings. The number of halogens is 2. The van der Waals surface area contributed by atoms with Gasteiger partial charge in [-0.15, -0.1) is 11.6 Å². The van der Waals surface area contributed by atoms with E-state index in [0.29, 0.717) is 5.92 Å². The van der Waals surface area contributed by atoms with Gasteiger partial charge in [-0.05, 0) is 29.2 Å². The highest BCUT2D eigenvalue weighted by Crippen LogP contribution is 2.36. The number of alkyl halides is 1. The molecule has 0 radical (unpaired) electrons. The number of benzene rings is 2. The number of methoxy groups -OCH3 is 1. The second-order valence-electron chi connectivity index (χ2n) is 5.07. The van der Waals surface area contributed by atoms with Crippen LogP contribution in [0.4, 0.5) is 0 Å². The largest absolute Gasteiger partial charge is 0.496 e. The second-order valence-corrected chi connectivity index (χ2v) is 6.42. The predicted octanol–water partition coefficient (Wildman–Crippen LogP) is 5.91. The number of hydrogen-bond donors (Lipinski definition) is 0. The van der Waals surface area contributed by atoms with Crippen molar-refractivity contribution in [3.63, 3.8) is 0 Å². The van der Waals surface area contributed by atoms with Gasteiger partial charge in [0.25, 0.3) is 0 Å². The average molecular weight is 354 g/mol. The first-order valence-electron chi connectivity index (χ1n) is 6.60. The SMILES string of the molecule is COc1cc(Br)ccc1C(Cl)c1ccc(C(C)C)cc1. The summed E-state index contributed by atoms with van der Waals surface area (Å²) < 4.78 is 6.40. The van der Waals surface area contributed by atoms with Gasteiger partial charge in [0.15, 0.2) is 0 Å². The highest BCUT2D eigenvalue weighted by atomic mass is 79.9. The Morgan fingerprint density at radius 1 is 1.00 bits per heavy atom. The molecular weight excluding hydrogens is 336 g/mol. The van der Waals surface area contributed by atoms with E-state index < -0.39 is 0 Å². The topological polar surface area (TPSA) is 9.23 Å². The number of ether oxygens (including phenoxy) is 1. The Labute approximate surface area is 134 Å². The highest BCUT2D eigenvalue weighted by Gasteiger charge is 2.16. The summed E-state index contributed by atoms with van der Waals surface area (Å²) in [7, 11) is 1.66. The van der Waals surface area contributed by atoms with E-state index in [-0.39, 0.29) is 5.38 Å². The van der Waals surface area contributed by atoms with Crippen molar-refractivity contribution < 1.29 is 4.74 Å². The van der Waals surface area contributed by atoms with Crippen LogP contribution in [0, 0.1) is 0 Å². The third-order valence-electron chi connectivity index (χ3n) is 3.36. The van der Waals surface area contributed by atoms with Crippen LogP contribution in [-0.2, 0) is 0 Å². The molecule has 0 spiro atoms. The molecule has 0 heterocycles. The van der Waals surface area contributed by atoms with Crippen LogP contribution in [0.1, 0.15) is 41.8 Å². The third-order valence-corrected chi connectivity index (χ3v) is 4.34. The molecule has 2 aromatic carbocycles. The fourth-order valence-electron chi connectivity index (χ4n) is 2.12. The van der Waals surface area contributed by atoms with Crippen molar-refractivity contribution in [3.8, 4) is 5.75 Å². The predicted molar refractivity (Wildman–Crippen MR) is 88.9 cm³/mol. The molecule has 0 aliphatic carbocycles. The van der Waals surface area contributed by atoms with Crippen LogP contribution in [0.2, 0.25) is 0 Å². The lowest BCUT2D eigenvalue weighted by molar-refractivity contribution is 0.410. The maximum absolute atomic E-state index is 6.60. The Morgan fingerprint density at radius 3 is 2.15 bits per heavy atom. The van der Waals surface area contributed by atoms with Gasteiger partial charge in [-0.2, -0.15) is 0 Å². The molecule has 3 heteroatoms. The Morgan fingerprint density at radius 2 is 1.60 bits per heavy atom. The van der Waals surface area contributed by atoms with E-state index in [1.807, 2.05) is 18.2 Å². The molecule has 20 heavy (non-hydrogen) atoms. The van der Waals surface area contributed by atoms with Gasteiger partial charge < -0.3 is 4.74 Å². The van der Waals surface area contributed by atoms with Crippen molar-refractivity contribution in [1.29, 1.82) is 0 Å². The fraction of sp³-hybridized carbons (Fsp3) is 0.294. The molecule has 0 N–H and O–H groups in total. The van der Waals surface area contributed by atoms with Gasteiger partial charge in [0, 0.05) is 10.0 Å². The molecule has 1 nitrogen and oxygen atoms in total. The molecular formula is C17H18BrClO. The maximum Gasteiger partial charge on any atom is 0.125 e. The minimum Gasteiger partial charge on any atom is -0.496 e. The van der Waals surface area contributed by atoms with Gasteiger partial charge in [0.05, 0.1) is 12.5 Å². The van der Waals surface area contributed by atoms with Crippen LogP contribution in [0.25, 0.3) is 0 Å². The molecule has 0 bridgehead atoms. The van der Waals surface area contributed by atoms with Crippen LogP contribution >= 0.6 is 27.5 Å².